The van der Waals surface area contributed by atoms with Crippen molar-refractivity contribution in [3.05, 3.63) is 42.1 Å². The summed E-state index contributed by atoms with van der Waals surface area (Å²) in [6, 6.07) is 11.6. The molecule has 142 valence electrons. The Bertz CT molecular complexity index is 834. The first-order valence-electron chi connectivity index (χ1n) is 10.1. The van der Waals surface area contributed by atoms with Crippen LogP contribution in [-0.2, 0) is 4.79 Å². The van der Waals surface area contributed by atoms with Gasteiger partial charge < -0.3 is 9.80 Å². The van der Waals surface area contributed by atoms with Gasteiger partial charge in [-0.15, -0.1) is 0 Å². The van der Waals surface area contributed by atoms with E-state index in [2.05, 4.69) is 11.9 Å². The molecule has 2 saturated heterocycles. The Morgan fingerprint density at radius 3 is 2.30 bits per heavy atom. The summed E-state index contributed by atoms with van der Waals surface area (Å²) >= 11 is 0. The average molecular weight is 365 g/mol. The quantitative estimate of drug-likeness (QED) is 0.820. The molecular weight excluding hydrogens is 338 g/mol. The predicted molar refractivity (Wildman–Crippen MR) is 105 cm³/mol. The second kappa shape index (κ2) is 7.67. The van der Waals surface area contributed by atoms with Gasteiger partial charge in [-0.3, -0.25) is 9.59 Å². The van der Waals surface area contributed by atoms with Gasteiger partial charge in [0.25, 0.3) is 5.91 Å². The molecule has 1 aromatic heterocycles. The summed E-state index contributed by atoms with van der Waals surface area (Å²) in [6.07, 6.45) is 3.72. The highest BCUT2D eigenvalue weighted by molar-refractivity contribution is 5.95. The number of likely N-dealkylation sites (tertiary alicyclic amines) is 2. The molecular formula is C22H27N3O2. The minimum absolute atomic E-state index is 0.0292. The normalized spacial score (nSPS) is 19.4. The number of carbonyl (C=O) groups is 2. The van der Waals surface area contributed by atoms with Gasteiger partial charge in [-0.2, -0.15) is 0 Å². The summed E-state index contributed by atoms with van der Waals surface area (Å²) in [6.45, 7) is 5.30. The van der Waals surface area contributed by atoms with Crippen molar-refractivity contribution in [3.8, 4) is 0 Å². The summed E-state index contributed by atoms with van der Waals surface area (Å²) in [5.41, 5.74) is 1.33. The number of pyridine rings is 1. The average Bonchev–Trinajstić information content (AvgIpc) is 2.73. The lowest BCUT2D eigenvalue weighted by molar-refractivity contribution is -0.138. The molecule has 0 radical (unpaired) electrons. The molecule has 0 N–H and O–H groups in total. The first kappa shape index (κ1) is 18.0. The van der Waals surface area contributed by atoms with Gasteiger partial charge in [0.15, 0.2) is 0 Å². The Balaban J connectivity index is 1.36. The molecule has 1 aromatic carbocycles. The SMILES string of the molecule is CC1CCN(C(=O)C2CCN(C(=O)c3ccc4ccccc4n3)CC2)CC1. The molecule has 0 atom stereocenters. The number of aromatic nitrogens is 1. The van der Waals surface area contributed by atoms with Crippen LogP contribution >= 0.6 is 0 Å². The van der Waals surface area contributed by atoms with Gasteiger partial charge in [0.05, 0.1) is 5.52 Å². The van der Waals surface area contributed by atoms with Gasteiger partial charge in [0.1, 0.15) is 5.69 Å². The van der Waals surface area contributed by atoms with Crippen LogP contribution in [0.2, 0.25) is 0 Å². The van der Waals surface area contributed by atoms with E-state index in [-0.39, 0.29) is 17.7 Å². The van der Waals surface area contributed by atoms with Crippen LogP contribution in [0, 0.1) is 11.8 Å². The molecule has 3 heterocycles. The van der Waals surface area contributed by atoms with Crippen molar-refractivity contribution in [1.82, 2.24) is 14.8 Å². The number of carbonyl (C=O) groups excluding carboxylic acids is 2. The third-order valence-electron chi connectivity index (χ3n) is 6.04. The van der Waals surface area contributed by atoms with E-state index < -0.39 is 0 Å². The molecule has 5 nitrogen and oxygen atoms in total. The van der Waals surface area contributed by atoms with Gasteiger partial charge >= 0.3 is 0 Å². The Labute approximate surface area is 160 Å². The first-order chi connectivity index (χ1) is 13.1. The highest BCUT2D eigenvalue weighted by atomic mass is 16.2. The molecule has 2 aromatic rings. The highest BCUT2D eigenvalue weighted by Gasteiger charge is 2.32. The largest absolute Gasteiger partial charge is 0.342 e. The van der Waals surface area contributed by atoms with E-state index in [1.54, 1.807) is 6.07 Å². The van der Waals surface area contributed by atoms with Crippen LogP contribution in [0.4, 0.5) is 0 Å². The zero-order chi connectivity index (χ0) is 18.8. The van der Waals surface area contributed by atoms with Crippen LogP contribution in [0.5, 0.6) is 0 Å². The lowest BCUT2D eigenvalue weighted by atomic mass is 9.92. The summed E-state index contributed by atoms with van der Waals surface area (Å²) < 4.78 is 0. The summed E-state index contributed by atoms with van der Waals surface area (Å²) in [5.74, 6) is 1.05. The van der Waals surface area contributed by atoms with Crippen LogP contribution in [0.3, 0.4) is 0 Å². The van der Waals surface area contributed by atoms with Crippen LogP contribution in [0.15, 0.2) is 36.4 Å². The lowest BCUT2D eigenvalue weighted by Gasteiger charge is -2.36. The smallest absolute Gasteiger partial charge is 0.272 e. The molecule has 0 aliphatic carbocycles. The Hall–Kier alpha value is -2.43. The second-order valence-corrected chi connectivity index (χ2v) is 7.96. The van der Waals surface area contributed by atoms with Gasteiger partial charge in [0.2, 0.25) is 5.91 Å². The predicted octanol–water partition coefficient (Wildman–Crippen LogP) is 3.35. The lowest BCUT2D eigenvalue weighted by Crippen LogP contribution is -2.46. The van der Waals surface area contributed by atoms with Crippen LogP contribution in [0.25, 0.3) is 10.9 Å². The standard InChI is InChI=1S/C22H27N3O2/c1-16-8-12-24(13-9-16)21(26)18-10-14-25(15-11-18)22(27)20-7-6-17-4-2-3-5-19(17)23-20/h2-7,16,18H,8-15H2,1H3. The number of benzene rings is 1. The van der Waals surface area contributed by atoms with Crippen LogP contribution < -0.4 is 0 Å². The van der Waals surface area contributed by atoms with Crippen molar-refractivity contribution in [2.24, 2.45) is 11.8 Å². The van der Waals surface area contributed by atoms with Crippen LogP contribution in [-0.4, -0.2) is 52.8 Å². The maximum Gasteiger partial charge on any atom is 0.272 e. The molecule has 0 saturated carbocycles. The fourth-order valence-electron chi connectivity index (χ4n) is 4.16. The molecule has 4 rings (SSSR count). The molecule has 27 heavy (non-hydrogen) atoms. The zero-order valence-corrected chi connectivity index (χ0v) is 15.9. The third kappa shape index (κ3) is 3.82. The molecule has 2 aliphatic rings. The fourth-order valence-corrected chi connectivity index (χ4v) is 4.16. The molecule has 5 heteroatoms. The van der Waals surface area contributed by atoms with Crippen molar-refractivity contribution in [2.75, 3.05) is 26.2 Å². The van der Waals surface area contributed by atoms with Gasteiger partial charge in [-0.1, -0.05) is 31.2 Å². The Morgan fingerprint density at radius 2 is 1.56 bits per heavy atom. The van der Waals surface area contributed by atoms with Gasteiger partial charge in [-0.25, -0.2) is 4.98 Å². The number of piperidine rings is 2. The van der Waals surface area contributed by atoms with Crippen molar-refractivity contribution in [2.45, 2.75) is 32.6 Å². The van der Waals surface area contributed by atoms with Crippen molar-refractivity contribution < 1.29 is 9.59 Å². The molecule has 0 spiro atoms. The minimum atomic E-state index is -0.0292. The molecule has 2 amide bonds. The number of hydrogen-bond acceptors (Lipinski definition) is 3. The number of nitrogens with zero attached hydrogens (tertiary/aromatic N) is 3. The summed E-state index contributed by atoms with van der Waals surface area (Å²) in [5, 5.41) is 1.04. The maximum atomic E-state index is 12.8. The second-order valence-electron chi connectivity index (χ2n) is 7.96. The molecule has 2 aliphatic heterocycles. The van der Waals surface area contributed by atoms with Crippen molar-refractivity contribution in [3.63, 3.8) is 0 Å². The molecule has 0 bridgehead atoms. The van der Waals surface area contributed by atoms with Gasteiger partial charge in [0, 0.05) is 37.5 Å². The first-order valence-corrected chi connectivity index (χ1v) is 10.1. The van der Waals surface area contributed by atoms with Crippen molar-refractivity contribution in [1.29, 1.82) is 0 Å². The topological polar surface area (TPSA) is 53.5 Å². The highest BCUT2D eigenvalue weighted by Crippen LogP contribution is 2.24. The van der Waals surface area contributed by atoms with E-state index in [9.17, 15) is 9.59 Å². The van der Waals surface area contributed by atoms with E-state index in [0.29, 0.717) is 18.8 Å². The van der Waals surface area contributed by atoms with E-state index in [1.807, 2.05) is 40.1 Å². The molecule has 2 fully saturated rings. The van der Waals surface area contributed by atoms with E-state index >= 15 is 0 Å². The number of para-hydroxylation sites is 1. The maximum absolute atomic E-state index is 12.8. The number of rotatable bonds is 2. The fraction of sp³-hybridized carbons (Fsp3) is 0.500. The Morgan fingerprint density at radius 1 is 0.889 bits per heavy atom. The van der Waals surface area contributed by atoms with Crippen molar-refractivity contribution >= 4 is 22.7 Å². The molecule has 0 unspecified atom stereocenters. The monoisotopic (exact) mass is 365 g/mol. The number of hydrogen-bond donors (Lipinski definition) is 0. The zero-order valence-electron chi connectivity index (χ0n) is 15.9. The number of fused-ring (bicyclic) bond motifs is 1. The Kier molecular flexibility index (Phi) is 5.10. The van der Waals surface area contributed by atoms with E-state index in [1.165, 1.54) is 0 Å². The minimum Gasteiger partial charge on any atom is -0.342 e. The van der Waals surface area contributed by atoms with E-state index in [4.69, 9.17) is 0 Å². The third-order valence-corrected chi connectivity index (χ3v) is 6.04. The van der Waals surface area contributed by atoms with Gasteiger partial charge in [-0.05, 0) is 43.7 Å². The number of amides is 2. The van der Waals surface area contributed by atoms with E-state index in [0.717, 1.165) is 55.6 Å². The summed E-state index contributed by atoms with van der Waals surface area (Å²) in [4.78, 5) is 34.0. The van der Waals surface area contributed by atoms with Crippen LogP contribution in [0.1, 0.15) is 43.1 Å². The summed E-state index contributed by atoms with van der Waals surface area (Å²) in [7, 11) is 0.